The Morgan fingerprint density at radius 1 is 1.20 bits per heavy atom. The summed E-state index contributed by atoms with van der Waals surface area (Å²) in [4.78, 5) is 2.41. The predicted molar refractivity (Wildman–Crippen MR) is 82.3 cm³/mol. The van der Waals surface area contributed by atoms with Gasteiger partial charge in [0, 0.05) is 5.56 Å². The molecule has 1 aromatic carbocycles. The second-order valence-corrected chi connectivity index (χ2v) is 5.86. The number of rotatable bonds is 5. The summed E-state index contributed by atoms with van der Waals surface area (Å²) in [7, 11) is 0. The Morgan fingerprint density at radius 3 is 2.45 bits per heavy atom. The number of aryl methyl sites for hydroxylation is 2. The lowest BCUT2D eigenvalue weighted by molar-refractivity contribution is -0.000517. The average molecular weight is 277 g/mol. The highest BCUT2D eigenvalue weighted by molar-refractivity contribution is 5.47. The molecule has 0 aliphatic carbocycles. The Hall–Kier alpha value is -1.06. The predicted octanol–water partition coefficient (Wildman–Crippen LogP) is 3.22. The first-order valence-corrected chi connectivity index (χ1v) is 7.74. The van der Waals surface area contributed by atoms with Gasteiger partial charge in [-0.15, -0.1) is 0 Å². The highest BCUT2D eigenvalue weighted by Crippen LogP contribution is 2.39. The standard InChI is InChI=1S/C17H27NO2/c1-5-7-18(8-6-2)16-14-10-12(3)9-13(4)17(14)20-11-15(16)19/h9-10,15-16,19H,5-8,11H2,1-4H3. The summed E-state index contributed by atoms with van der Waals surface area (Å²) in [5.74, 6) is 0.975. The van der Waals surface area contributed by atoms with Crippen LogP contribution < -0.4 is 4.74 Å². The lowest BCUT2D eigenvalue weighted by Crippen LogP contribution is -2.43. The van der Waals surface area contributed by atoms with Crippen molar-refractivity contribution in [3.05, 3.63) is 28.8 Å². The monoisotopic (exact) mass is 277 g/mol. The molecule has 20 heavy (non-hydrogen) atoms. The summed E-state index contributed by atoms with van der Waals surface area (Å²) >= 11 is 0. The van der Waals surface area contributed by atoms with Gasteiger partial charge < -0.3 is 9.84 Å². The summed E-state index contributed by atoms with van der Waals surface area (Å²) < 4.78 is 5.78. The molecular formula is C17H27NO2. The lowest BCUT2D eigenvalue weighted by atomic mass is 9.92. The molecule has 1 N–H and O–H groups in total. The van der Waals surface area contributed by atoms with E-state index in [0.29, 0.717) is 6.61 Å². The van der Waals surface area contributed by atoms with E-state index in [1.165, 1.54) is 11.1 Å². The minimum Gasteiger partial charge on any atom is -0.490 e. The first-order chi connectivity index (χ1) is 9.58. The van der Waals surface area contributed by atoms with Gasteiger partial charge in [0.2, 0.25) is 0 Å². The second-order valence-electron chi connectivity index (χ2n) is 5.86. The van der Waals surface area contributed by atoms with Crippen LogP contribution in [0.3, 0.4) is 0 Å². The van der Waals surface area contributed by atoms with Crippen molar-refractivity contribution < 1.29 is 9.84 Å². The molecule has 0 bridgehead atoms. The summed E-state index contributed by atoms with van der Waals surface area (Å²) in [5, 5.41) is 10.5. The minimum atomic E-state index is -0.443. The van der Waals surface area contributed by atoms with Gasteiger partial charge in [-0.1, -0.05) is 31.5 Å². The third kappa shape index (κ3) is 2.99. The Morgan fingerprint density at radius 2 is 1.85 bits per heavy atom. The summed E-state index contributed by atoms with van der Waals surface area (Å²) in [6.07, 6.45) is 1.76. The number of benzene rings is 1. The lowest BCUT2D eigenvalue weighted by Gasteiger charge is -2.39. The van der Waals surface area contributed by atoms with Crippen molar-refractivity contribution in [2.75, 3.05) is 19.7 Å². The maximum atomic E-state index is 10.5. The first kappa shape index (κ1) is 15.3. The molecule has 3 nitrogen and oxygen atoms in total. The third-order valence-corrected chi connectivity index (χ3v) is 3.94. The molecule has 0 amide bonds. The Balaban J connectivity index is 2.42. The number of hydrogen-bond donors (Lipinski definition) is 1. The maximum absolute atomic E-state index is 10.5. The van der Waals surface area contributed by atoms with Crippen molar-refractivity contribution in [3.63, 3.8) is 0 Å². The molecule has 0 fully saturated rings. The van der Waals surface area contributed by atoms with Crippen LogP contribution in [0.25, 0.3) is 0 Å². The van der Waals surface area contributed by atoms with Crippen LogP contribution in [0.15, 0.2) is 12.1 Å². The fourth-order valence-corrected chi connectivity index (χ4v) is 3.28. The molecule has 1 heterocycles. The van der Waals surface area contributed by atoms with E-state index in [0.717, 1.165) is 37.2 Å². The number of ether oxygens (including phenoxy) is 1. The molecule has 2 atom stereocenters. The Labute approximate surface area is 122 Å². The van der Waals surface area contributed by atoms with E-state index in [1.807, 2.05) is 0 Å². The molecule has 1 aromatic rings. The highest BCUT2D eigenvalue weighted by Gasteiger charge is 2.34. The van der Waals surface area contributed by atoms with Crippen molar-refractivity contribution in [2.24, 2.45) is 0 Å². The normalized spacial score (nSPS) is 21.7. The van der Waals surface area contributed by atoms with E-state index in [2.05, 4.69) is 44.7 Å². The van der Waals surface area contributed by atoms with Crippen LogP contribution in [0.2, 0.25) is 0 Å². The molecule has 0 radical (unpaired) electrons. The van der Waals surface area contributed by atoms with E-state index in [1.54, 1.807) is 0 Å². The van der Waals surface area contributed by atoms with Gasteiger partial charge in [-0.25, -0.2) is 0 Å². The van der Waals surface area contributed by atoms with Gasteiger partial charge in [0.15, 0.2) is 0 Å². The van der Waals surface area contributed by atoms with E-state index >= 15 is 0 Å². The van der Waals surface area contributed by atoms with Crippen LogP contribution in [0.5, 0.6) is 5.75 Å². The van der Waals surface area contributed by atoms with Crippen LogP contribution in [0.1, 0.15) is 49.4 Å². The molecule has 112 valence electrons. The zero-order valence-electron chi connectivity index (χ0n) is 13.1. The smallest absolute Gasteiger partial charge is 0.127 e. The molecule has 0 saturated carbocycles. The molecule has 1 aliphatic heterocycles. The van der Waals surface area contributed by atoms with E-state index in [-0.39, 0.29) is 6.04 Å². The number of fused-ring (bicyclic) bond motifs is 1. The third-order valence-electron chi connectivity index (χ3n) is 3.94. The van der Waals surface area contributed by atoms with Gasteiger partial charge in [0.25, 0.3) is 0 Å². The topological polar surface area (TPSA) is 32.7 Å². The van der Waals surface area contributed by atoms with Gasteiger partial charge in [0.1, 0.15) is 18.5 Å². The average Bonchev–Trinajstić information content (AvgIpc) is 2.38. The largest absolute Gasteiger partial charge is 0.490 e. The number of aliphatic hydroxyl groups is 1. The molecular weight excluding hydrogens is 250 g/mol. The molecule has 2 rings (SSSR count). The van der Waals surface area contributed by atoms with Crippen LogP contribution in [-0.4, -0.2) is 35.8 Å². The van der Waals surface area contributed by atoms with Crippen LogP contribution in [0, 0.1) is 13.8 Å². The van der Waals surface area contributed by atoms with Crippen LogP contribution >= 0.6 is 0 Å². The number of aliphatic hydroxyl groups excluding tert-OH is 1. The van der Waals surface area contributed by atoms with E-state index < -0.39 is 6.10 Å². The molecule has 2 unspecified atom stereocenters. The maximum Gasteiger partial charge on any atom is 0.127 e. The van der Waals surface area contributed by atoms with Crippen molar-refractivity contribution >= 4 is 0 Å². The molecule has 0 spiro atoms. The fourth-order valence-electron chi connectivity index (χ4n) is 3.28. The van der Waals surface area contributed by atoms with Gasteiger partial charge in [-0.3, -0.25) is 4.90 Å². The fraction of sp³-hybridized carbons (Fsp3) is 0.647. The first-order valence-electron chi connectivity index (χ1n) is 7.74. The summed E-state index contributed by atoms with van der Waals surface area (Å²) in [6.45, 7) is 11.0. The molecule has 1 aliphatic rings. The minimum absolute atomic E-state index is 0.0669. The number of hydrogen-bond acceptors (Lipinski definition) is 3. The van der Waals surface area contributed by atoms with Crippen molar-refractivity contribution in [3.8, 4) is 5.75 Å². The summed E-state index contributed by atoms with van der Waals surface area (Å²) in [6, 6.07) is 4.39. The Kier molecular flexibility index (Phi) is 5.06. The second kappa shape index (κ2) is 6.59. The van der Waals surface area contributed by atoms with E-state index in [9.17, 15) is 5.11 Å². The molecule has 3 heteroatoms. The summed E-state index contributed by atoms with van der Waals surface area (Å²) in [5.41, 5.74) is 3.56. The highest BCUT2D eigenvalue weighted by atomic mass is 16.5. The van der Waals surface area contributed by atoms with Crippen molar-refractivity contribution in [1.29, 1.82) is 0 Å². The van der Waals surface area contributed by atoms with Gasteiger partial charge >= 0.3 is 0 Å². The quantitative estimate of drug-likeness (QED) is 0.897. The van der Waals surface area contributed by atoms with Crippen LogP contribution in [0.4, 0.5) is 0 Å². The zero-order chi connectivity index (χ0) is 14.7. The van der Waals surface area contributed by atoms with E-state index in [4.69, 9.17) is 4.74 Å². The molecule has 0 saturated heterocycles. The van der Waals surface area contributed by atoms with Gasteiger partial charge in [-0.05, 0) is 45.3 Å². The van der Waals surface area contributed by atoms with Gasteiger partial charge in [-0.2, -0.15) is 0 Å². The zero-order valence-corrected chi connectivity index (χ0v) is 13.1. The van der Waals surface area contributed by atoms with Crippen LogP contribution in [-0.2, 0) is 0 Å². The Bertz CT molecular complexity index is 453. The van der Waals surface area contributed by atoms with Crippen molar-refractivity contribution in [1.82, 2.24) is 4.90 Å². The van der Waals surface area contributed by atoms with Gasteiger partial charge in [0.05, 0.1) is 6.04 Å². The number of nitrogens with zero attached hydrogens (tertiary/aromatic N) is 1. The molecule has 0 aromatic heterocycles. The SMILES string of the molecule is CCCN(CCC)C1c2cc(C)cc(C)c2OCC1O. The van der Waals surface area contributed by atoms with Crippen molar-refractivity contribution in [2.45, 2.75) is 52.7 Å².